The van der Waals surface area contributed by atoms with Crippen molar-refractivity contribution in [3.8, 4) is 0 Å². The number of likely N-dealkylation sites (tertiary alicyclic amines) is 1. The molecule has 1 aromatic carbocycles. The second-order valence-corrected chi connectivity index (χ2v) is 9.65. The van der Waals surface area contributed by atoms with Gasteiger partial charge in [0, 0.05) is 30.8 Å². The number of carbonyl (C=O) groups is 3. The lowest BCUT2D eigenvalue weighted by Gasteiger charge is -2.27. The van der Waals surface area contributed by atoms with Crippen molar-refractivity contribution in [3.05, 3.63) is 34.8 Å². The van der Waals surface area contributed by atoms with Gasteiger partial charge in [-0.2, -0.15) is 4.99 Å². The number of aromatic nitrogens is 2. The lowest BCUT2D eigenvalue weighted by Crippen LogP contribution is -2.33. The van der Waals surface area contributed by atoms with Gasteiger partial charge in [-0.1, -0.05) is 23.1 Å². The zero-order valence-electron chi connectivity index (χ0n) is 17.0. The molecule has 9 nitrogen and oxygen atoms in total. The van der Waals surface area contributed by atoms with Gasteiger partial charge in [0.15, 0.2) is 5.17 Å². The summed E-state index contributed by atoms with van der Waals surface area (Å²) >= 11 is 2.67. The van der Waals surface area contributed by atoms with Gasteiger partial charge in [-0.3, -0.25) is 19.7 Å². The summed E-state index contributed by atoms with van der Waals surface area (Å²) in [4.78, 5) is 43.2. The van der Waals surface area contributed by atoms with E-state index in [-0.39, 0.29) is 24.1 Å². The highest BCUT2D eigenvalue weighted by molar-refractivity contribution is 8.15. The summed E-state index contributed by atoms with van der Waals surface area (Å²) in [6, 6.07) is 6.53. The Bertz CT molecular complexity index is 1010. The van der Waals surface area contributed by atoms with Crippen LogP contribution in [0.3, 0.4) is 0 Å². The van der Waals surface area contributed by atoms with Crippen LogP contribution in [0.15, 0.2) is 29.3 Å². The van der Waals surface area contributed by atoms with Crippen LogP contribution in [0.1, 0.15) is 41.0 Å². The molecule has 0 aliphatic carbocycles. The summed E-state index contributed by atoms with van der Waals surface area (Å²) in [6.07, 6.45) is 3.47. The second-order valence-electron chi connectivity index (χ2n) is 7.30. The number of amidine groups is 1. The maximum Gasteiger partial charge on any atom is 0.262 e. The van der Waals surface area contributed by atoms with Gasteiger partial charge in [-0.25, -0.2) is 0 Å². The number of piperidine rings is 1. The van der Waals surface area contributed by atoms with E-state index in [0.29, 0.717) is 16.4 Å². The molecule has 1 aromatic heterocycles. The van der Waals surface area contributed by atoms with E-state index in [1.54, 1.807) is 24.3 Å². The van der Waals surface area contributed by atoms with E-state index in [1.807, 2.05) is 6.92 Å². The molecular weight excluding hydrogens is 436 g/mol. The molecule has 31 heavy (non-hydrogen) atoms. The Morgan fingerprint density at radius 1 is 1.10 bits per heavy atom. The van der Waals surface area contributed by atoms with Gasteiger partial charge in [0.1, 0.15) is 10.3 Å². The molecule has 11 heteroatoms. The molecule has 1 fully saturated rings. The fourth-order valence-electron chi connectivity index (χ4n) is 3.33. The smallest absolute Gasteiger partial charge is 0.262 e. The summed E-state index contributed by atoms with van der Waals surface area (Å²) in [7, 11) is 0. The molecule has 1 atom stereocenters. The molecule has 1 unspecified atom stereocenters. The first-order valence-electron chi connectivity index (χ1n) is 10.0. The van der Waals surface area contributed by atoms with Crippen LogP contribution in [0, 0.1) is 6.92 Å². The van der Waals surface area contributed by atoms with E-state index < -0.39 is 5.25 Å². The summed E-state index contributed by atoms with van der Waals surface area (Å²) in [6.45, 7) is 3.64. The predicted molar refractivity (Wildman–Crippen MR) is 122 cm³/mol. The Morgan fingerprint density at radius 3 is 2.52 bits per heavy atom. The van der Waals surface area contributed by atoms with E-state index >= 15 is 0 Å². The van der Waals surface area contributed by atoms with Gasteiger partial charge in [-0.15, -0.1) is 10.2 Å². The molecule has 2 N–H and O–H groups in total. The molecule has 1 saturated heterocycles. The monoisotopic (exact) mass is 458 g/mol. The van der Waals surface area contributed by atoms with Crippen LogP contribution >= 0.6 is 23.1 Å². The minimum absolute atomic E-state index is 0.0585. The van der Waals surface area contributed by atoms with Crippen LogP contribution in [0.4, 0.5) is 10.8 Å². The Labute approximate surface area is 187 Å². The normalized spacial score (nSPS) is 18.6. The number of aryl methyl sites for hydroxylation is 1. The van der Waals surface area contributed by atoms with Crippen LogP contribution in [-0.2, 0) is 9.59 Å². The maximum absolute atomic E-state index is 12.4. The number of rotatable bonds is 5. The van der Waals surface area contributed by atoms with Gasteiger partial charge in [0.2, 0.25) is 11.0 Å². The van der Waals surface area contributed by atoms with Gasteiger partial charge >= 0.3 is 0 Å². The van der Waals surface area contributed by atoms with Crippen molar-refractivity contribution < 1.29 is 14.4 Å². The number of amides is 3. The topological polar surface area (TPSA) is 117 Å². The van der Waals surface area contributed by atoms with Crippen LogP contribution in [0.25, 0.3) is 0 Å². The van der Waals surface area contributed by atoms with Gasteiger partial charge in [0.05, 0.1) is 0 Å². The van der Waals surface area contributed by atoms with E-state index in [2.05, 4.69) is 30.7 Å². The fourth-order valence-corrected chi connectivity index (χ4v) is 5.04. The molecule has 2 aliphatic rings. The van der Waals surface area contributed by atoms with Crippen molar-refractivity contribution in [2.24, 2.45) is 4.99 Å². The molecular formula is C20H22N6O3S2. The van der Waals surface area contributed by atoms with E-state index in [0.717, 1.165) is 36.1 Å². The van der Waals surface area contributed by atoms with Crippen LogP contribution < -0.4 is 10.6 Å². The zero-order chi connectivity index (χ0) is 21.8. The quantitative estimate of drug-likeness (QED) is 0.707. The number of thioether (sulfide) groups is 1. The number of nitrogens with zero attached hydrogens (tertiary/aromatic N) is 4. The fraction of sp³-hybridized carbons (Fsp3) is 0.400. The highest BCUT2D eigenvalue weighted by Crippen LogP contribution is 2.29. The highest BCUT2D eigenvalue weighted by Gasteiger charge is 2.33. The number of benzene rings is 1. The van der Waals surface area contributed by atoms with Gasteiger partial charge < -0.3 is 10.2 Å². The summed E-state index contributed by atoms with van der Waals surface area (Å²) in [5.74, 6) is -0.813. The van der Waals surface area contributed by atoms with Crippen molar-refractivity contribution in [3.63, 3.8) is 0 Å². The molecule has 3 heterocycles. The van der Waals surface area contributed by atoms with Gasteiger partial charge in [0.25, 0.3) is 11.8 Å². The number of carbonyl (C=O) groups excluding carboxylic acids is 3. The average Bonchev–Trinajstić information content (AvgIpc) is 3.34. The minimum Gasteiger partial charge on any atom is -0.351 e. The minimum atomic E-state index is -0.489. The second kappa shape index (κ2) is 9.56. The van der Waals surface area contributed by atoms with Gasteiger partial charge in [-0.05, 0) is 50.5 Å². The molecule has 0 spiro atoms. The number of nitrogens with one attached hydrogen (secondary N) is 2. The Morgan fingerprint density at radius 2 is 1.84 bits per heavy atom. The molecule has 2 aliphatic heterocycles. The molecule has 0 radical (unpaired) electrons. The van der Waals surface area contributed by atoms with E-state index in [4.69, 9.17) is 0 Å². The van der Waals surface area contributed by atoms with E-state index in [1.165, 1.54) is 29.5 Å². The van der Waals surface area contributed by atoms with Crippen LogP contribution in [0.2, 0.25) is 0 Å². The first-order valence-corrected chi connectivity index (χ1v) is 11.7. The molecule has 3 amide bonds. The standard InChI is InChI=1S/C20H22N6O3S2/c1-12-24-25-19(30-12)22-17(28)13-5-7-14(8-6-13)21-16(27)11-15-18(29)23-20(31-15)26-9-3-2-4-10-26/h5-8,15H,2-4,9-11H2,1H3,(H,21,27)(H,22,25,28). The summed E-state index contributed by atoms with van der Waals surface area (Å²) < 4.78 is 0. The lowest BCUT2D eigenvalue weighted by atomic mass is 10.1. The number of aliphatic imine (C=N–C) groups is 1. The maximum atomic E-state index is 12.4. The number of hydrogen-bond acceptors (Lipinski definition) is 8. The van der Waals surface area contributed by atoms with E-state index in [9.17, 15) is 14.4 Å². The van der Waals surface area contributed by atoms with Crippen molar-refractivity contribution in [2.75, 3.05) is 23.7 Å². The SMILES string of the molecule is Cc1nnc(NC(=O)c2ccc(NC(=O)CC3SC(N4CCCCC4)=NC3=O)cc2)s1. The first-order chi connectivity index (χ1) is 15.0. The molecule has 2 aromatic rings. The third kappa shape index (κ3) is 5.47. The average molecular weight is 459 g/mol. The Balaban J connectivity index is 1.28. The zero-order valence-corrected chi connectivity index (χ0v) is 18.6. The van der Waals surface area contributed by atoms with Crippen molar-refractivity contribution in [1.29, 1.82) is 0 Å². The lowest BCUT2D eigenvalue weighted by molar-refractivity contribution is -0.121. The summed E-state index contributed by atoms with van der Waals surface area (Å²) in [5, 5.41) is 14.6. The van der Waals surface area contributed by atoms with Crippen LogP contribution in [0.5, 0.6) is 0 Å². The third-order valence-corrected chi connectivity index (χ3v) is 6.87. The molecule has 0 saturated carbocycles. The Hall–Kier alpha value is -2.79. The largest absolute Gasteiger partial charge is 0.351 e. The molecule has 162 valence electrons. The molecule has 0 bridgehead atoms. The number of hydrogen-bond donors (Lipinski definition) is 2. The summed E-state index contributed by atoms with van der Waals surface area (Å²) in [5.41, 5.74) is 0.993. The molecule has 4 rings (SSSR count). The predicted octanol–water partition coefficient (Wildman–Crippen LogP) is 2.91. The van der Waals surface area contributed by atoms with Crippen molar-refractivity contribution in [2.45, 2.75) is 37.9 Å². The first kappa shape index (κ1) is 21.4. The van der Waals surface area contributed by atoms with Crippen molar-refractivity contribution in [1.82, 2.24) is 15.1 Å². The Kier molecular flexibility index (Phi) is 6.62. The van der Waals surface area contributed by atoms with Crippen molar-refractivity contribution >= 4 is 56.8 Å². The number of anilines is 2. The third-order valence-electron chi connectivity index (χ3n) is 4.90. The van der Waals surface area contributed by atoms with Crippen LogP contribution in [-0.4, -0.2) is 56.3 Å². The highest BCUT2D eigenvalue weighted by atomic mass is 32.2.